The number of phenolic OH excluding ortho intramolecular Hbond substituents is 2. The summed E-state index contributed by atoms with van der Waals surface area (Å²) in [4.78, 5) is 16.2. The van der Waals surface area contributed by atoms with Gasteiger partial charge in [0.15, 0.2) is 0 Å². The molecule has 1 aromatic heterocycles. The van der Waals surface area contributed by atoms with Gasteiger partial charge in [-0.1, -0.05) is 17.7 Å². The third-order valence-corrected chi connectivity index (χ3v) is 3.64. The Morgan fingerprint density at radius 3 is 2.64 bits per heavy atom. The van der Waals surface area contributed by atoms with Crippen molar-refractivity contribution >= 4 is 11.9 Å². The van der Waals surface area contributed by atoms with Crippen LogP contribution in [-0.2, 0) is 6.42 Å². The van der Waals surface area contributed by atoms with E-state index in [9.17, 15) is 15.0 Å². The van der Waals surface area contributed by atoms with Gasteiger partial charge in [0.2, 0.25) is 5.78 Å². The van der Waals surface area contributed by atoms with E-state index in [1.54, 1.807) is 18.2 Å². The number of allylic oxidation sites excluding steroid dienone is 3. The van der Waals surface area contributed by atoms with Crippen molar-refractivity contribution < 1.29 is 19.7 Å². The van der Waals surface area contributed by atoms with Crippen LogP contribution in [0.3, 0.4) is 0 Å². The number of carbonyl (C=O) groups is 1. The molecule has 5 heteroatoms. The van der Waals surface area contributed by atoms with Gasteiger partial charge in [-0.3, -0.25) is 9.78 Å². The predicted molar refractivity (Wildman–Crippen MR) is 97.1 cm³/mol. The Morgan fingerprint density at radius 1 is 1.28 bits per heavy atom. The van der Waals surface area contributed by atoms with Gasteiger partial charge < -0.3 is 14.9 Å². The van der Waals surface area contributed by atoms with Gasteiger partial charge in [-0.15, -0.1) is 0 Å². The Hall–Kier alpha value is -3.08. The fraction of sp³-hybridized carbons (Fsp3) is 0.200. The van der Waals surface area contributed by atoms with Gasteiger partial charge in [0.25, 0.3) is 0 Å². The minimum absolute atomic E-state index is 0.0555. The number of methoxy groups -OCH3 is 1. The van der Waals surface area contributed by atoms with Crippen LogP contribution in [0.1, 0.15) is 35.5 Å². The number of ketones is 1. The number of hydrogen-bond donors (Lipinski definition) is 2. The number of nitrogens with zero attached hydrogens (tertiary/aromatic N) is 1. The summed E-state index contributed by atoms with van der Waals surface area (Å²) >= 11 is 0. The summed E-state index contributed by atoms with van der Waals surface area (Å²) in [5, 5.41) is 20.7. The van der Waals surface area contributed by atoms with Crippen LogP contribution >= 0.6 is 0 Å². The van der Waals surface area contributed by atoms with Gasteiger partial charge in [0.05, 0.1) is 12.7 Å². The number of hydrogen-bond acceptors (Lipinski definition) is 5. The number of benzene rings is 1. The second-order valence-corrected chi connectivity index (χ2v) is 5.74. The summed E-state index contributed by atoms with van der Waals surface area (Å²) in [7, 11) is 1.43. The molecule has 0 bridgehead atoms. The predicted octanol–water partition coefficient (Wildman–Crippen LogP) is 3.91. The highest BCUT2D eigenvalue weighted by atomic mass is 16.5. The molecule has 1 aromatic carbocycles. The van der Waals surface area contributed by atoms with Gasteiger partial charge in [-0.05, 0) is 44.6 Å². The van der Waals surface area contributed by atoms with Crippen LogP contribution in [0, 0.1) is 0 Å². The molecule has 2 aromatic rings. The van der Waals surface area contributed by atoms with E-state index in [4.69, 9.17) is 4.74 Å². The smallest absolute Gasteiger partial charge is 0.204 e. The van der Waals surface area contributed by atoms with Crippen molar-refractivity contribution in [3.05, 3.63) is 65.0 Å². The average molecular weight is 339 g/mol. The van der Waals surface area contributed by atoms with Gasteiger partial charge in [-0.25, -0.2) is 0 Å². The van der Waals surface area contributed by atoms with Gasteiger partial charge in [-0.2, -0.15) is 0 Å². The van der Waals surface area contributed by atoms with Crippen LogP contribution in [-0.4, -0.2) is 28.1 Å². The van der Waals surface area contributed by atoms with E-state index in [0.29, 0.717) is 23.2 Å². The van der Waals surface area contributed by atoms with Crippen LogP contribution in [0.4, 0.5) is 0 Å². The molecule has 0 fully saturated rings. The summed E-state index contributed by atoms with van der Waals surface area (Å²) in [6, 6.07) is 6.49. The molecule has 0 aliphatic carbocycles. The lowest BCUT2D eigenvalue weighted by molar-refractivity contribution is 0.104. The maximum Gasteiger partial charge on any atom is 0.204 e. The minimum atomic E-state index is -0.291. The average Bonchev–Trinajstić information content (AvgIpc) is 2.60. The Bertz CT molecular complexity index is 819. The molecule has 0 aliphatic rings. The Labute approximate surface area is 146 Å². The van der Waals surface area contributed by atoms with Crippen LogP contribution in [0.2, 0.25) is 0 Å². The molecule has 0 saturated carbocycles. The zero-order valence-corrected chi connectivity index (χ0v) is 14.5. The topological polar surface area (TPSA) is 79.6 Å². The van der Waals surface area contributed by atoms with Gasteiger partial charge in [0.1, 0.15) is 22.9 Å². The van der Waals surface area contributed by atoms with Crippen LogP contribution in [0.25, 0.3) is 6.08 Å². The third-order valence-electron chi connectivity index (χ3n) is 3.64. The highest BCUT2D eigenvalue weighted by Crippen LogP contribution is 2.39. The largest absolute Gasteiger partial charge is 0.507 e. The van der Waals surface area contributed by atoms with E-state index in [1.807, 2.05) is 19.9 Å². The van der Waals surface area contributed by atoms with Crippen LogP contribution < -0.4 is 4.74 Å². The second kappa shape index (κ2) is 8.15. The lowest BCUT2D eigenvalue weighted by atomic mass is 10.0. The highest BCUT2D eigenvalue weighted by molar-refractivity contribution is 6.05. The molecule has 0 saturated heterocycles. The molecule has 0 aliphatic heterocycles. The fourth-order valence-electron chi connectivity index (χ4n) is 2.28. The Morgan fingerprint density at radius 2 is 2.04 bits per heavy atom. The molecular formula is C20H21NO4. The fourth-order valence-corrected chi connectivity index (χ4v) is 2.28. The maximum atomic E-state index is 12.2. The second-order valence-electron chi connectivity index (χ2n) is 5.74. The first-order chi connectivity index (χ1) is 11.9. The lowest BCUT2D eigenvalue weighted by Crippen LogP contribution is -1.98. The number of aromatic hydroxyl groups is 2. The number of rotatable bonds is 6. The zero-order valence-electron chi connectivity index (χ0n) is 14.5. The van der Waals surface area contributed by atoms with E-state index >= 15 is 0 Å². The summed E-state index contributed by atoms with van der Waals surface area (Å²) in [5.74, 6) is -0.179. The summed E-state index contributed by atoms with van der Waals surface area (Å²) in [6.07, 6.45) is 6.60. The molecule has 2 rings (SSSR count). The molecule has 0 amide bonds. The quantitative estimate of drug-likeness (QED) is 0.474. The van der Waals surface area contributed by atoms with E-state index in [1.165, 1.54) is 31.5 Å². The summed E-state index contributed by atoms with van der Waals surface area (Å²) in [6.45, 7) is 3.87. The standard InChI is InChI=1S/C20H21NO4/c1-13(2)7-8-14-18(23)12-19(25-3)15(20(14)24)9-10-17(22)16-6-4-5-11-21-16/h4-7,9-12,23-24H,8H2,1-3H3. The molecule has 0 atom stereocenters. The first-order valence-electron chi connectivity index (χ1n) is 7.82. The molecule has 0 radical (unpaired) electrons. The lowest BCUT2D eigenvalue weighted by Gasteiger charge is -2.13. The molecule has 130 valence electrons. The number of pyridine rings is 1. The minimum Gasteiger partial charge on any atom is -0.507 e. The summed E-state index contributed by atoms with van der Waals surface area (Å²) in [5.41, 5.74) is 2.09. The first kappa shape index (κ1) is 18.3. The van der Waals surface area contributed by atoms with Crippen molar-refractivity contribution in [3.8, 4) is 17.2 Å². The normalized spacial score (nSPS) is 10.7. The molecule has 0 unspecified atom stereocenters. The maximum absolute atomic E-state index is 12.2. The van der Waals surface area contributed by atoms with Crippen molar-refractivity contribution in [2.75, 3.05) is 7.11 Å². The van der Waals surface area contributed by atoms with E-state index in [2.05, 4.69) is 4.98 Å². The molecule has 25 heavy (non-hydrogen) atoms. The van der Waals surface area contributed by atoms with Crippen molar-refractivity contribution in [2.24, 2.45) is 0 Å². The van der Waals surface area contributed by atoms with Crippen LogP contribution in [0.5, 0.6) is 17.2 Å². The highest BCUT2D eigenvalue weighted by Gasteiger charge is 2.16. The zero-order chi connectivity index (χ0) is 18.4. The van der Waals surface area contributed by atoms with E-state index in [0.717, 1.165) is 5.57 Å². The monoisotopic (exact) mass is 339 g/mol. The summed E-state index contributed by atoms with van der Waals surface area (Å²) < 4.78 is 5.21. The number of phenols is 2. The van der Waals surface area contributed by atoms with Crippen molar-refractivity contribution in [1.29, 1.82) is 0 Å². The number of ether oxygens (including phenoxy) is 1. The number of carbonyl (C=O) groups excluding carboxylic acids is 1. The van der Waals surface area contributed by atoms with Crippen LogP contribution in [0.15, 0.2) is 48.2 Å². The molecule has 5 nitrogen and oxygen atoms in total. The van der Waals surface area contributed by atoms with Crippen molar-refractivity contribution in [3.63, 3.8) is 0 Å². The molecular weight excluding hydrogens is 318 g/mol. The molecule has 0 spiro atoms. The van der Waals surface area contributed by atoms with Gasteiger partial charge >= 0.3 is 0 Å². The molecule has 2 N–H and O–H groups in total. The first-order valence-corrected chi connectivity index (χ1v) is 7.82. The van der Waals surface area contributed by atoms with E-state index in [-0.39, 0.29) is 23.0 Å². The Balaban J connectivity index is 2.41. The molecule has 1 heterocycles. The Kier molecular flexibility index (Phi) is 5.95. The number of aromatic nitrogens is 1. The van der Waals surface area contributed by atoms with Crippen molar-refractivity contribution in [1.82, 2.24) is 4.98 Å². The van der Waals surface area contributed by atoms with E-state index < -0.39 is 0 Å². The SMILES string of the molecule is COc1cc(O)c(CC=C(C)C)c(O)c1C=CC(=O)c1ccccn1. The van der Waals surface area contributed by atoms with Crippen molar-refractivity contribution in [2.45, 2.75) is 20.3 Å². The third kappa shape index (κ3) is 4.47. The van der Waals surface area contributed by atoms with Gasteiger partial charge in [0, 0.05) is 17.8 Å².